The van der Waals surface area contributed by atoms with Gasteiger partial charge in [-0.25, -0.2) is 9.78 Å². The number of ether oxygens (including phenoxy) is 2. The molecule has 2 aromatic heterocycles. The summed E-state index contributed by atoms with van der Waals surface area (Å²) in [7, 11) is 0. The molecule has 0 saturated carbocycles. The number of hydrogen-bond acceptors (Lipinski definition) is 7. The maximum absolute atomic E-state index is 13.1. The SMILES string of the molecule is O=C(OCCN1CCCC1)c1ccc2c(c1)c1nc3ccccc3c(OCCN3CCCC3)c1n2CCN1CCCC1. The van der Waals surface area contributed by atoms with Crippen LogP contribution in [0.3, 0.4) is 0 Å². The minimum absolute atomic E-state index is 0.267. The lowest BCUT2D eigenvalue weighted by Gasteiger charge is -2.19. The van der Waals surface area contributed by atoms with Crippen LogP contribution in [-0.2, 0) is 11.3 Å². The zero-order chi connectivity index (χ0) is 28.3. The van der Waals surface area contributed by atoms with E-state index in [9.17, 15) is 4.79 Å². The molecule has 3 saturated heterocycles. The highest BCUT2D eigenvalue weighted by Crippen LogP contribution is 2.39. The van der Waals surface area contributed by atoms with Gasteiger partial charge in [-0.2, -0.15) is 0 Å². The first-order valence-electron chi connectivity index (χ1n) is 16.1. The van der Waals surface area contributed by atoms with Crippen molar-refractivity contribution in [3.8, 4) is 5.75 Å². The molecule has 0 N–H and O–H groups in total. The van der Waals surface area contributed by atoms with Gasteiger partial charge < -0.3 is 18.9 Å². The minimum Gasteiger partial charge on any atom is -0.489 e. The average molecular weight is 570 g/mol. The molecule has 8 heteroatoms. The molecule has 0 bridgehead atoms. The second-order valence-electron chi connectivity index (χ2n) is 12.2. The zero-order valence-corrected chi connectivity index (χ0v) is 24.7. The number of likely N-dealkylation sites (tertiary alicyclic amines) is 3. The van der Waals surface area contributed by atoms with Crippen molar-refractivity contribution in [3.05, 3.63) is 48.0 Å². The van der Waals surface area contributed by atoms with E-state index in [0.717, 1.165) is 104 Å². The van der Waals surface area contributed by atoms with Crippen molar-refractivity contribution in [2.45, 2.75) is 45.1 Å². The summed E-state index contributed by atoms with van der Waals surface area (Å²) in [4.78, 5) is 25.7. The Kier molecular flexibility index (Phi) is 8.27. The molecule has 222 valence electrons. The van der Waals surface area contributed by atoms with E-state index < -0.39 is 0 Å². The van der Waals surface area contributed by atoms with E-state index in [1.54, 1.807) is 0 Å². The van der Waals surface area contributed by atoms with Gasteiger partial charge >= 0.3 is 5.97 Å². The summed E-state index contributed by atoms with van der Waals surface area (Å²) in [6.07, 6.45) is 7.56. The van der Waals surface area contributed by atoms with Crippen molar-refractivity contribution in [1.29, 1.82) is 0 Å². The van der Waals surface area contributed by atoms with E-state index in [2.05, 4.69) is 43.5 Å². The Labute approximate surface area is 248 Å². The first-order valence-corrected chi connectivity index (χ1v) is 16.1. The summed E-state index contributed by atoms with van der Waals surface area (Å²) in [6.45, 7) is 11.5. The maximum Gasteiger partial charge on any atom is 0.338 e. The van der Waals surface area contributed by atoms with Crippen molar-refractivity contribution >= 4 is 38.8 Å². The van der Waals surface area contributed by atoms with Gasteiger partial charge in [-0.15, -0.1) is 0 Å². The molecule has 3 fully saturated rings. The Balaban J connectivity index is 1.26. The molecule has 4 aromatic rings. The Morgan fingerprint density at radius 1 is 0.714 bits per heavy atom. The number of hydrogen-bond donors (Lipinski definition) is 0. The topological polar surface area (TPSA) is 63.1 Å². The lowest BCUT2D eigenvalue weighted by molar-refractivity contribution is 0.0472. The van der Waals surface area contributed by atoms with Crippen LogP contribution in [0, 0.1) is 0 Å². The summed E-state index contributed by atoms with van der Waals surface area (Å²) < 4.78 is 14.8. The van der Waals surface area contributed by atoms with Crippen LogP contribution >= 0.6 is 0 Å². The third kappa shape index (κ3) is 5.72. The van der Waals surface area contributed by atoms with Crippen LogP contribution in [0.25, 0.3) is 32.8 Å². The molecular formula is C34H43N5O3. The summed E-state index contributed by atoms with van der Waals surface area (Å²) in [6, 6.07) is 14.3. The number of rotatable bonds is 11. The number of pyridine rings is 1. The summed E-state index contributed by atoms with van der Waals surface area (Å²) in [5.74, 6) is 0.638. The number of para-hydroxylation sites is 1. The number of nitrogens with zero attached hydrogens (tertiary/aromatic N) is 5. The van der Waals surface area contributed by atoms with Gasteiger partial charge in [-0.1, -0.05) is 12.1 Å². The third-order valence-corrected chi connectivity index (χ3v) is 9.40. The highest BCUT2D eigenvalue weighted by atomic mass is 16.5. The molecule has 0 atom stereocenters. The monoisotopic (exact) mass is 569 g/mol. The molecular weight excluding hydrogens is 526 g/mol. The zero-order valence-electron chi connectivity index (χ0n) is 24.7. The standard InChI is InChI=1S/C34H43N5O3/c40-34(42-24-22-38-17-7-8-18-38)26-11-12-30-28(25-26)31-32(39(30)20-19-36-13-3-4-14-36)33(27-9-1-2-10-29(27)35-31)41-23-21-37-15-5-6-16-37/h1-2,9-12,25H,3-8,13-24H2. The van der Waals surface area contributed by atoms with Crippen LogP contribution in [0.1, 0.15) is 48.9 Å². The quantitative estimate of drug-likeness (QED) is 0.231. The van der Waals surface area contributed by atoms with Crippen molar-refractivity contribution < 1.29 is 14.3 Å². The van der Waals surface area contributed by atoms with E-state index in [0.29, 0.717) is 18.8 Å². The molecule has 7 rings (SSSR count). The van der Waals surface area contributed by atoms with Crippen molar-refractivity contribution in [1.82, 2.24) is 24.3 Å². The van der Waals surface area contributed by atoms with Gasteiger partial charge in [-0.05, 0) is 108 Å². The molecule has 42 heavy (non-hydrogen) atoms. The van der Waals surface area contributed by atoms with Crippen molar-refractivity contribution in [2.75, 3.05) is 72.1 Å². The van der Waals surface area contributed by atoms with E-state index in [1.165, 1.54) is 38.5 Å². The summed E-state index contributed by atoms with van der Waals surface area (Å²) in [5.41, 5.74) is 4.51. The van der Waals surface area contributed by atoms with Gasteiger partial charge in [0.25, 0.3) is 0 Å². The van der Waals surface area contributed by atoms with E-state index in [4.69, 9.17) is 14.5 Å². The lowest BCUT2D eigenvalue weighted by atomic mass is 10.1. The van der Waals surface area contributed by atoms with Crippen LogP contribution in [0.2, 0.25) is 0 Å². The van der Waals surface area contributed by atoms with E-state index in [-0.39, 0.29) is 5.97 Å². The fourth-order valence-corrected chi connectivity index (χ4v) is 7.08. The molecule has 0 amide bonds. The largest absolute Gasteiger partial charge is 0.489 e. The average Bonchev–Trinajstić information content (AvgIpc) is 3.84. The summed E-state index contributed by atoms with van der Waals surface area (Å²) in [5, 5.41) is 2.02. The number of aromatic nitrogens is 2. The first kappa shape index (κ1) is 27.6. The smallest absolute Gasteiger partial charge is 0.338 e. The van der Waals surface area contributed by atoms with Crippen molar-refractivity contribution in [2.24, 2.45) is 0 Å². The normalized spacial score (nSPS) is 18.7. The molecule has 5 heterocycles. The van der Waals surface area contributed by atoms with Gasteiger partial charge in [0, 0.05) is 37.0 Å². The molecule has 2 aromatic carbocycles. The maximum atomic E-state index is 13.1. The number of fused-ring (bicyclic) bond motifs is 4. The molecule has 0 unspecified atom stereocenters. The van der Waals surface area contributed by atoms with E-state index >= 15 is 0 Å². The van der Waals surface area contributed by atoms with Gasteiger partial charge in [0.2, 0.25) is 0 Å². The van der Waals surface area contributed by atoms with Crippen LogP contribution in [-0.4, -0.2) is 102 Å². The number of carbonyl (C=O) groups excluding carboxylic acids is 1. The molecule has 8 nitrogen and oxygen atoms in total. The number of carbonyl (C=O) groups is 1. The Morgan fingerprint density at radius 2 is 1.36 bits per heavy atom. The lowest BCUT2D eigenvalue weighted by Crippen LogP contribution is -2.25. The van der Waals surface area contributed by atoms with Crippen LogP contribution in [0.5, 0.6) is 5.75 Å². The van der Waals surface area contributed by atoms with Crippen LogP contribution in [0.15, 0.2) is 42.5 Å². The molecule has 3 aliphatic rings. The van der Waals surface area contributed by atoms with Gasteiger partial charge in [-0.3, -0.25) is 9.80 Å². The highest BCUT2D eigenvalue weighted by molar-refractivity contribution is 6.14. The molecule has 0 radical (unpaired) electrons. The summed E-state index contributed by atoms with van der Waals surface area (Å²) >= 11 is 0. The van der Waals surface area contributed by atoms with Crippen LogP contribution in [0.4, 0.5) is 0 Å². The van der Waals surface area contributed by atoms with Gasteiger partial charge in [0.05, 0.1) is 16.6 Å². The highest BCUT2D eigenvalue weighted by Gasteiger charge is 2.23. The molecule has 0 aliphatic carbocycles. The second-order valence-corrected chi connectivity index (χ2v) is 12.2. The molecule has 3 aliphatic heterocycles. The third-order valence-electron chi connectivity index (χ3n) is 9.40. The fraction of sp³-hybridized carbons (Fsp3) is 0.529. The Morgan fingerprint density at radius 3 is 2.07 bits per heavy atom. The Hall–Kier alpha value is -3.20. The Bertz CT molecular complexity index is 1550. The minimum atomic E-state index is -0.267. The van der Waals surface area contributed by atoms with Gasteiger partial charge in [0.15, 0.2) is 5.75 Å². The number of benzene rings is 2. The van der Waals surface area contributed by atoms with E-state index in [1.807, 2.05) is 18.2 Å². The molecule has 0 spiro atoms. The van der Waals surface area contributed by atoms with Gasteiger partial charge in [0.1, 0.15) is 24.2 Å². The predicted molar refractivity (Wildman–Crippen MR) is 168 cm³/mol. The second kappa shape index (κ2) is 12.6. The van der Waals surface area contributed by atoms with Crippen LogP contribution < -0.4 is 4.74 Å². The van der Waals surface area contributed by atoms with Crippen molar-refractivity contribution in [3.63, 3.8) is 0 Å². The predicted octanol–water partition coefficient (Wildman–Crippen LogP) is 5.17. The fourth-order valence-electron chi connectivity index (χ4n) is 7.08. The first-order chi connectivity index (χ1) is 20.7. The number of esters is 1.